The van der Waals surface area contributed by atoms with Crippen LogP contribution in [0.3, 0.4) is 0 Å². The molecule has 0 aromatic rings. The van der Waals surface area contributed by atoms with Gasteiger partial charge in [0.15, 0.2) is 0 Å². The molecule has 0 rings (SSSR count). The number of hydrogen-bond donors (Lipinski definition) is 0. The Kier molecular flexibility index (Phi) is 6.84. The van der Waals surface area contributed by atoms with Gasteiger partial charge in [-0.25, -0.2) is 0 Å². The third-order valence-corrected chi connectivity index (χ3v) is 2.10. The standard InChI is InChI=1S/C12H21/c1-5-9-11(7-3)12(8-4)10-6-2/h5,9,11H,6-8H2,1-4H3. The van der Waals surface area contributed by atoms with E-state index in [0.717, 1.165) is 12.8 Å². The van der Waals surface area contributed by atoms with Gasteiger partial charge in [-0.15, -0.1) is 0 Å². The quantitative estimate of drug-likeness (QED) is 0.537. The summed E-state index contributed by atoms with van der Waals surface area (Å²) in [6.07, 6.45) is 11.2. The van der Waals surface area contributed by atoms with E-state index in [2.05, 4.69) is 45.9 Å². The summed E-state index contributed by atoms with van der Waals surface area (Å²) >= 11 is 0. The molecule has 0 fully saturated rings. The largest absolute Gasteiger partial charge is 0.0911 e. The van der Waals surface area contributed by atoms with Gasteiger partial charge in [-0.05, 0) is 38.2 Å². The molecular formula is C12H21. The molecule has 0 aromatic heterocycles. The Morgan fingerprint density at radius 2 is 2.00 bits per heavy atom. The summed E-state index contributed by atoms with van der Waals surface area (Å²) in [5.41, 5.74) is 1.47. The van der Waals surface area contributed by atoms with Gasteiger partial charge in [-0.3, -0.25) is 0 Å². The fourth-order valence-corrected chi connectivity index (χ4v) is 1.48. The van der Waals surface area contributed by atoms with E-state index in [1.807, 2.05) is 0 Å². The van der Waals surface area contributed by atoms with Gasteiger partial charge >= 0.3 is 0 Å². The highest BCUT2D eigenvalue weighted by Crippen LogP contribution is 2.19. The first kappa shape index (κ1) is 11.5. The lowest BCUT2D eigenvalue weighted by Crippen LogP contribution is -1.98. The molecule has 0 heteroatoms. The maximum Gasteiger partial charge on any atom is -0.00202 e. The Hall–Kier alpha value is -0.520. The van der Waals surface area contributed by atoms with E-state index >= 15 is 0 Å². The highest BCUT2D eigenvalue weighted by Gasteiger charge is 2.05. The fourth-order valence-electron chi connectivity index (χ4n) is 1.48. The van der Waals surface area contributed by atoms with Gasteiger partial charge in [-0.1, -0.05) is 38.5 Å². The predicted molar refractivity (Wildman–Crippen MR) is 55.9 cm³/mol. The van der Waals surface area contributed by atoms with Gasteiger partial charge in [0.05, 0.1) is 0 Å². The monoisotopic (exact) mass is 165 g/mol. The molecule has 0 spiro atoms. The van der Waals surface area contributed by atoms with E-state index in [-0.39, 0.29) is 0 Å². The molecule has 0 aliphatic heterocycles. The molecule has 0 saturated heterocycles. The summed E-state index contributed by atoms with van der Waals surface area (Å²) < 4.78 is 0. The molecule has 1 atom stereocenters. The first-order chi connectivity index (χ1) is 5.79. The molecule has 0 bridgehead atoms. The van der Waals surface area contributed by atoms with Crippen LogP contribution in [0, 0.1) is 12.0 Å². The van der Waals surface area contributed by atoms with E-state index in [4.69, 9.17) is 0 Å². The van der Waals surface area contributed by atoms with E-state index in [1.54, 1.807) is 0 Å². The summed E-state index contributed by atoms with van der Waals surface area (Å²) in [6.45, 7) is 8.68. The minimum absolute atomic E-state index is 0.625. The van der Waals surface area contributed by atoms with Crippen molar-refractivity contribution in [1.29, 1.82) is 0 Å². The topological polar surface area (TPSA) is 0 Å². The van der Waals surface area contributed by atoms with Gasteiger partial charge in [0.25, 0.3) is 0 Å². The number of rotatable bonds is 5. The van der Waals surface area contributed by atoms with Crippen LogP contribution in [0.4, 0.5) is 0 Å². The molecule has 0 aliphatic carbocycles. The maximum atomic E-state index is 3.43. The molecule has 1 radical (unpaired) electrons. The van der Waals surface area contributed by atoms with Gasteiger partial charge in [0, 0.05) is 0 Å². The van der Waals surface area contributed by atoms with Crippen LogP contribution in [0.2, 0.25) is 0 Å². The smallest absolute Gasteiger partial charge is 0.00202 e. The second kappa shape index (κ2) is 7.15. The Labute approximate surface area is 77.4 Å². The van der Waals surface area contributed by atoms with Crippen LogP contribution in [-0.2, 0) is 0 Å². The molecule has 12 heavy (non-hydrogen) atoms. The van der Waals surface area contributed by atoms with Crippen LogP contribution >= 0.6 is 0 Å². The average molecular weight is 165 g/mol. The van der Waals surface area contributed by atoms with Crippen LogP contribution in [0.15, 0.2) is 17.7 Å². The van der Waals surface area contributed by atoms with Gasteiger partial charge in [-0.2, -0.15) is 0 Å². The maximum absolute atomic E-state index is 3.43. The van der Waals surface area contributed by atoms with Crippen LogP contribution in [-0.4, -0.2) is 0 Å². The van der Waals surface area contributed by atoms with Crippen molar-refractivity contribution in [3.05, 3.63) is 23.8 Å². The normalized spacial score (nSPS) is 15.5. The Morgan fingerprint density at radius 3 is 2.33 bits per heavy atom. The van der Waals surface area contributed by atoms with Gasteiger partial charge in [0.2, 0.25) is 0 Å². The number of allylic oxidation sites excluding steroid dienone is 4. The third kappa shape index (κ3) is 3.75. The van der Waals surface area contributed by atoms with Gasteiger partial charge in [0.1, 0.15) is 0 Å². The first-order valence-electron chi connectivity index (χ1n) is 5.02. The third-order valence-electron chi connectivity index (χ3n) is 2.10. The number of hydrogen-bond acceptors (Lipinski definition) is 0. The Bertz CT molecular complexity index is 151. The summed E-state index contributed by atoms with van der Waals surface area (Å²) in [5.74, 6) is 0.625. The predicted octanol–water partition coefficient (Wildman–Crippen LogP) is 4.14. The minimum atomic E-state index is 0.625. The van der Waals surface area contributed by atoms with Crippen molar-refractivity contribution in [1.82, 2.24) is 0 Å². The fraction of sp³-hybridized carbons (Fsp3) is 0.667. The molecule has 0 heterocycles. The second-order valence-corrected chi connectivity index (χ2v) is 2.95. The lowest BCUT2D eigenvalue weighted by molar-refractivity contribution is 0.689. The zero-order valence-corrected chi connectivity index (χ0v) is 8.85. The molecule has 1 unspecified atom stereocenters. The molecule has 0 N–H and O–H groups in total. The summed E-state index contributed by atoms with van der Waals surface area (Å²) in [5, 5.41) is 0. The van der Waals surface area contributed by atoms with Crippen molar-refractivity contribution in [2.75, 3.05) is 0 Å². The van der Waals surface area contributed by atoms with Crippen molar-refractivity contribution < 1.29 is 0 Å². The molecule has 0 aliphatic rings. The molecular weight excluding hydrogens is 144 g/mol. The molecule has 0 aromatic carbocycles. The summed E-state index contributed by atoms with van der Waals surface area (Å²) in [7, 11) is 0. The van der Waals surface area contributed by atoms with Crippen molar-refractivity contribution in [2.45, 2.75) is 47.0 Å². The molecule has 0 saturated carbocycles. The van der Waals surface area contributed by atoms with E-state index in [9.17, 15) is 0 Å². The minimum Gasteiger partial charge on any atom is -0.0911 e. The molecule has 69 valence electrons. The van der Waals surface area contributed by atoms with E-state index in [1.165, 1.54) is 12.0 Å². The molecule has 0 nitrogen and oxygen atoms in total. The van der Waals surface area contributed by atoms with Crippen molar-refractivity contribution >= 4 is 0 Å². The van der Waals surface area contributed by atoms with Crippen LogP contribution in [0.1, 0.15) is 47.0 Å². The first-order valence-corrected chi connectivity index (χ1v) is 5.02. The Morgan fingerprint density at radius 1 is 1.33 bits per heavy atom. The van der Waals surface area contributed by atoms with E-state index < -0.39 is 0 Å². The zero-order chi connectivity index (χ0) is 9.40. The van der Waals surface area contributed by atoms with Crippen molar-refractivity contribution in [3.8, 4) is 0 Å². The lowest BCUT2D eigenvalue weighted by atomic mass is 9.93. The summed E-state index contributed by atoms with van der Waals surface area (Å²) in [6, 6.07) is 0. The average Bonchev–Trinajstić information content (AvgIpc) is 2.11. The Balaban J connectivity index is 4.33. The van der Waals surface area contributed by atoms with Crippen LogP contribution in [0.5, 0.6) is 0 Å². The highest BCUT2D eigenvalue weighted by molar-refractivity contribution is 5.09. The van der Waals surface area contributed by atoms with Gasteiger partial charge < -0.3 is 0 Å². The zero-order valence-electron chi connectivity index (χ0n) is 8.85. The van der Waals surface area contributed by atoms with Crippen molar-refractivity contribution in [3.63, 3.8) is 0 Å². The van der Waals surface area contributed by atoms with E-state index in [0.29, 0.717) is 5.92 Å². The lowest BCUT2D eigenvalue weighted by Gasteiger charge is -2.12. The summed E-state index contributed by atoms with van der Waals surface area (Å²) in [4.78, 5) is 0. The van der Waals surface area contributed by atoms with Crippen LogP contribution in [0.25, 0.3) is 0 Å². The van der Waals surface area contributed by atoms with Crippen molar-refractivity contribution in [2.24, 2.45) is 5.92 Å². The highest BCUT2D eigenvalue weighted by atomic mass is 14.1. The second-order valence-electron chi connectivity index (χ2n) is 2.95. The molecule has 0 amide bonds. The van der Waals surface area contributed by atoms with Crippen LogP contribution < -0.4 is 0 Å². The SMILES string of the molecule is CC=CC(CC)/C(=[C]/CC)CC.